The zero-order chi connectivity index (χ0) is 18.9. The summed E-state index contributed by atoms with van der Waals surface area (Å²) in [4.78, 5) is 4.69. The van der Waals surface area contributed by atoms with E-state index in [0.717, 1.165) is 36.1 Å². The molecule has 7 heteroatoms. The van der Waals surface area contributed by atoms with E-state index in [1.165, 1.54) is 5.56 Å². The lowest BCUT2D eigenvalue weighted by Gasteiger charge is -2.17. The first-order chi connectivity index (χ1) is 12.5. The number of nitrogens with one attached hydrogen (secondary N) is 2. The summed E-state index contributed by atoms with van der Waals surface area (Å²) in [5, 5.41) is 14.5. The van der Waals surface area contributed by atoms with Crippen molar-refractivity contribution in [3.05, 3.63) is 41.5 Å². The number of benzene rings is 1. The number of guanidine groups is 1. The molecular formula is C19H30N6O. The molecule has 26 heavy (non-hydrogen) atoms. The normalized spacial score (nSPS) is 12.7. The topological polar surface area (TPSA) is 76.4 Å². The molecule has 2 aromatic rings. The molecule has 0 aliphatic carbocycles. The van der Waals surface area contributed by atoms with Crippen molar-refractivity contribution in [1.82, 2.24) is 25.4 Å². The van der Waals surface area contributed by atoms with Gasteiger partial charge in [-0.05, 0) is 38.8 Å². The maximum Gasteiger partial charge on any atom is 0.191 e. The van der Waals surface area contributed by atoms with Crippen LogP contribution in [0.15, 0.2) is 29.5 Å². The molecule has 2 N–H and O–H groups in total. The largest absolute Gasteiger partial charge is 0.490 e. The Bertz CT molecular complexity index is 725. The van der Waals surface area contributed by atoms with Crippen molar-refractivity contribution in [2.24, 2.45) is 12.0 Å². The first kappa shape index (κ1) is 19.8. The van der Waals surface area contributed by atoms with Crippen LogP contribution in [-0.2, 0) is 20.1 Å². The van der Waals surface area contributed by atoms with Crippen molar-refractivity contribution in [1.29, 1.82) is 0 Å². The summed E-state index contributed by atoms with van der Waals surface area (Å²) in [7, 11) is 1.92. The van der Waals surface area contributed by atoms with Gasteiger partial charge in [-0.25, -0.2) is 4.99 Å². The smallest absolute Gasteiger partial charge is 0.191 e. The van der Waals surface area contributed by atoms with Crippen molar-refractivity contribution in [2.75, 3.05) is 6.54 Å². The quantitative estimate of drug-likeness (QED) is 0.560. The fourth-order valence-electron chi connectivity index (χ4n) is 2.34. The Hall–Kier alpha value is -2.57. The van der Waals surface area contributed by atoms with Crippen LogP contribution < -0.4 is 15.4 Å². The lowest BCUT2D eigenvalue weighted by molar-refractivity contribution is 0.215. The molecule has 1 unspecified atom stereocenters. The zero-order valence-electron chi connectivity index (χ0n) is 16.4. The second-order valence-electron chi connectivity index (χ2n) is 6.35. The zero-order valence-corrected chi connectivity index (χ0v) is 16.4. The molecular weight excluding hydrogens is 328 g/mol. The van der Waals surface area contributed by atoms with Crippen LogP contribution in [0, 0.1) is 6.92 Å². The third-order valence-corrected chi connectivity index (χ3v) is 4.10. The van der Waals surface area contributed by atoms with Gasteiger partial charge in [0.1, 0.15) is 12.1 Å². The minimum atomic E-state index is 0.182. The number of aliphatic imine (C=N–C) groups is 1. The number of nitrogens with zero attached hydrogens (tertiary/aromatic N) is 4. The molecule has 0 amide bonds. The Kier molecular flexibility index (Phi) is 7.44. The molecule has 0 saturated heterocycles. The highest BCUT2D eigenvalue weighted by Crippen LogP contribution is 2.23. The summed E-state index contributed by atoms with van der Waals surface area (Å²) in [6, 6.07) is 6.26. The third-order valence-electron chi connectivity index (χ3n) is 4.10. The van der Waals surface area contributed by atoms with Gasteiger partial charge in [0.05, 0.1) is 19.2 Å². The van der Waals surface area contributed by atoms with Crippen molar-refractivity contribution in [2.45, 2.75) is 53.3 Å². The SMILES string of the molecule is CCNC(=NCc1ccc(C)cc1OC(C)CC)NCc1nncn1C. The van der Waals surface area contributed by atoms with Crippen LogP contribution in [0.2, 0.25) is 0 Å². The first-order valence-corrected chi connectivity index (χ1v) is 9.14. The van der Waals surface area contributed by atoms with E-state index in [0.29, 0.717) is 13.1 Å². The Morgan fingerprint density at radius 1 is 1.31 bits per heavy atom. The summed E-state index contributed by atoms with van der Waals surface area (Å²) in [6.07, 6.45) is 2.84. The van der Waals surface area contributed by atoms with Crippen LogP contribution in [0.5, 0.6) is 5.75 Å². The number of aryl methyl sites for hydroxylation is 2. The van der Waals surface area contributed by atoms with Crippen LogP contribution in [0.3, 0.4) is 0 Å². The summed E-state index contributed by atoms with van der Waals surface area (Å²) < 4.78 is 7.95. The van der Waals surface area contributed by atoms with Gasteiger partial charge in [-0.15, -0.1) is 10.2 Å². The van der Waals surface area contributed by atoms with Gasteiger partial charge in [0, 0.05) is 19.2 Å². The minimum Gasteiger partial charge on any atom is -0.490 e. The lowest BCUT2D eigenvalue weighted by atomic mass is 10.1. The van der Waals surface area contributed by atoms with E-state index in [9.17, 15) is 0 Å². The molecule has 2 rings (SSSR count). The molecule has 0 saturated carbocycles. The van der Waals surface area contributed by atoms with Gasteiger partial charge in [-0.3, -0.25) is 0 Å². The predicted molar refractivity (Wildman–Crippen MR) is 104 cm³/mol. The van der Waals surface area contributed by atoms with Crippen molar-refractivity contribution < 1.29 is 4.74 Å². The standard InChI is InChI=1S/C19H30N6O/c1-6-15(4)26-17-10-14(3)8-9-16(17)11-21-19(20-7-2)22-12-18-24-23-13-25(18)5/h8-10,13,15H,6-7,11-12H2,1-5H3,(H2,20,21,22). The predicted octanol–water partition coefficient (Wildman–Crippen LogP) is 2.56. The van der Waals surface area contributed by atoms with Crippen molar-refractivity contribution in [3.63, 3.8) is 0 Å². The summed E-state index contributed by atoms with van der Waals surface area (Å²) in [5.41, 5.74) is 2.26. The first-order valence-electron chi connectivity index (χ1n) is 9.14. The van der Waals surface area contributed by atoms with Gasteiger partial charge >= 0.3 is 0 Å². The summed E-state index contributed by atoms with van der Waals surface area (Å²) in [5.74, 6) is 2.50. The summed E-state index contributed by atoms with van der Waals surface area (Å²) in [6.45, 7) is 10.2. The maximum absolute atomic E-state index is 6.07. The van der Waals surface area contributed by atoms with E-state index in [2.05, 4.69) is 59.8 Å². The van der Waals surface area contributed by atoms with Crippen LogP contribution in [0.4, 0.5) is 0 Å². The van der Waals surface area contributed by atoms with E-state index in [1.54, 1.807) is 6.33 Å². The summed E-state index contributed by atoms with van der Waals surface area (Å²) >= 11 is 0. The Morgan fingerprint density at radius 3 is 2.77 bits per heavy atom. The van der Waals surface area contributed by atoms with Gasteiger partial charge in [0.2, 0.25) is 0 Å². The molecule has 1 heterocycles. The monoisotopic (exact) mass is 358 g/mol. The molecule has 0 fully saturated rings. The molecule has 1 aromatic carbocycles. The van der Waals surface area contributed by atoms with Crippen molar-refractivity contribution in [3.8, 4) is 5.75 Å². The average Bonchev–Trinajstić information content (AvgIpc) is 3.03. The number of aromatic nitrogens is 3. The van der Waals surface area contributed by atoms with Crippen molar-refractivity contribution >= 4 is 5.96 Å². The molecule has 0 bridgehead atoms. The van der Waals surface area contributed by atoms with Gasteiger partial charge in [-0.1, -0.05) is 19.1 Å². The van der Waals surface area contributed by atoms with Gasteiger partial charge in [-0.2, -0.15) is 0 Å². The van der Waals surface area contributed by atoms with Crippen LogP contribution >= 0.6 is 0 Å². The molecule has 0 spiro atoms. The minimum absolute atomic E-state index is 0.182. The Balaban J connectivity index is 2.09. The molecule has 0 aliphatic heterocycles. The fourth-order valence-corrected chi connectivity index (χ4v) is 2.34. The van der Waals surface area contributed by atoms with E-state index in [4.69, 9.17) is 9.73 Å². The highest BCUT2D eigenvalue weighted by molar-refractivity contribution is 5.79. The molecule has 7 nitrogen and oxygen atoms in total. The van der Waals surface area contributed by atoms with Crippen LogP contribution in [-0.4, -0.2) is 33.4 Å². The average molecular weight is 358 g/mol. The lowest BCUT2D eigenvalue weighted by Crippen LogP contribution is -2.37. The van der Waals surface area contributed by atoms with E-state index in [1.807, 2.05) is 18.5 Å². The number of rotatable bonds is 8. The van der Waals surface area contributed by atoms with Gasteiger partial charge < -0.3 is 19.9 Å². The number of hydrogen-bond acceptors (Lipinski definition) is 4. The fraction of sp³-hybridized carbons (Fsp3) is 0.526. The highest BCUT2D eigenvalue weighted by Gasteiger charge is 2.09. The maximum atomic E-state index is 6.07. The van der Waals surface area contributed by atoms with Crippen LogP contribution in [0.1, 0.15) is 44.1 Å². The van der Waals surface area contributed by atoms with E-state index in [-0.39, 0.29) is 6.10 Å². The molecule has 1 atom stereocenters. The Labute approximate surface area is 155 Å². The van der Waals surface area contributed by atoms with E-state index < -0.39 is 0 Å². The van der Waals surface area contributed by atoms with E-state index >= 15 is 0 Å². The molecule has 1 aromatic heterocycles. The third kappa shape index (κ3) is 5.75. The molecule has 142 valence electrons. The molecule has 0 radical (unpaired) electrons. The van der Waals surface area contributed by atoms with Gasteiger partial charge in [0.15, 0.2) is 11.8 Å². The second-order valence-corrected chi connectivity index (χ2v) is 6.35. The highest BCUT2D eigenvalue weighted by atomic mass is 16.5. The number of hydrogen-bond donors (Lipinski definition) is 2. The Morgan fingerprint density at radius 2 is 2.12 bits per heavy atom. The molecule has 0 aliphatic rings. The van der Waals surface area contributed by atoms with Gasteiger partial charge in [0.25, 0.3) is 0 Å². The second kappa shape index (κ2) is 9.79. The van der Waals surface area contributed by atoms with Crippen LogP contribution in [0.25, 0.3) is 0 Å². The number of ether oxygens (including phenoxy) is 1.